The predicted molar refractivity (Wildman–Crippen MR) is 68.8 cm³/mol. The average Bonchev–Trinajstić information content (AvgIpc) is 2.67. The maximum Gasteiger partial charge on any atom is 0.0981 e. The highest BCUT2D eigenvalue weighted by molar-refractivity contribution is 7.11. The van der Waals surface area contributed by atoms with Crippen molar-refractivity contribution < 1.29 is 5.11 Å². The Balaban J connectivity index is 2.53. The van der Waals surface area contributed by atoms with Crippen LogP contribution in [0.3, 0.4) is 0 Å². The highest BCUT2D eigenvalue weighted by Crippen LogP contribution is 2.26. The van der Waals surface area contributed by atoms with Gasteiger partial charge in [-0.1, -0.05) is 27.7 Å². The Kier molecular flexibility index (Phi) is 4.89. The van der Waals surface area contributed by atoms with Crippen LogP contribution < -0.4 is 5.32 Å². The Bertz CT molecular complexity index is 313. The van der Waals surface area contributed by atoms with E-state index in [1.807, 2.05) is 6.20 Å². The Morgan fingerprint density at radius 1 is 1.50 bits per heavy atom. The van der Waals surface area contributed by atoms with Gasteiger partial charge in [0.2, 0.25) is 0 Å². The summed E-state index contributed by atoms with van der Waals surface area (Å²) in [5.41, 5.74) is 0.129. The third-order valence-electron chi connectivity index (χ3n) is 2.47. The predicted octanol–water partition coefficient (Wildman–Crippen LogP) is 2.30. The molecule has 0 amide bonds. The van der Waals surface area contributed by atoms with E-state index in [1.165, 1.54) is 9.88 Å². The molecule has 1 aromatic heterocycles. The molecule has 92 valence electrons. The molecule has 0 aliphatic heterocycles. The molecule has 0 saturated heterocycles. The van der Waals surface area contributed by atoms with E-state index in [0.717, 1.165) is 13.0 Å². The fourth-order valence-corrected chi connectivity index (χ4v) is 2.24. The molecule has 0 aliphatic carbocycles. The van der Waals surface area contributed by atoms with Gasteiger partial charge < -0.3 is 10.4 Å². The van der Waals surface area contributed by atoms with Crippen LogP contribution in [0.2, 0.25) is 0 Å². The van der Waals surface area contributed by atoms with Crippen molar-refractivity contribution in [2.45, 2.75) is 52.1 Å². The smallest absolute Gasteiger partial charge is 0.0981 e. The minimum Gasteiger partial charge on any atom is -0.395 e. The normalized spacial score (nSPS) is 14.1. The number of thiazole rings is 1. The van der Waals surface area contributed by atoms with Crippen molar-refractivity contribution in [1.82, 2.24) is 10.3 Å². The first-order chi connectivity index (χ1) is 7.47. The minimum atomic E-state index is 0.129. The van der Waals surface area contributed by atoms with Gasteiger partial charge in [-0.15, -0.1) is 11.3 Å². The van der Waals surface area contributed by atoms with Crippen molar-refractivity contribution in [3.8, 4) is 0 Å². The van der Waals surface area contributed by atoms with Crippen LogP contribution >= 0.6 is 11.3 Å². The molecule has 0 radical (unpaired) electrons. The Hall–Kier alpha value is -0.450. The second-order valence-electron chi connectivity index (χ2n) is 5.05. The highest BCUT2D eigenvalue weighted by Gasteiger charge is 2.18. The van der Waals surface area contributed by atoms with E-state index in [1.54, 1.807) is 11.3 Å². The van der Waals surface area contributed by atoms with E-state index in [-0.39, 0.29) is 18.1 Å². The summed E-state index contributed by atoms with van der Waals surface area (Å²) >= 11 is 1.75. The number of hydrogen-bond acceptors (Lipinski definition) is 4. The second-order valence-corrected chi connectivity index (χ2v) is 6.17. The molecule has 0 spiro atoms. The van der Waals surface area contributed by atoms with Crippen LogP contribution in [0.5, 0.6) is 0 Å². The first-order valence-electron chi connectivity index (χ1n) is 5.76. The lowest BCUT2D eigenvalue weighted by Gasteiger charge is -2.14. The Labute approximate surface area is 102 Å². The third kappa shape index (κ3) is 3.85. The molecular formula is C12H22N2OS. The molecule has 1 atom stereocenters. The van der Waals surface area contributed by atoms with Crippen molar-refractivity contribution in [2.75, 3.05) is 6.61 Å². The van der Waals surface area contributed by atoms with Gasteiger partial charge >= 0.3 is 0 Å². The van der Waals surface area contributed by atoms with E-state index in [0.29, 0.717) is 0 Å². The number of nitrogens with zero attached hydrogens (tertiary/aromatic N) is 1. The van der Waals surface area contributed by atoms with Gasteiger partial charge in [-0.3, -0.25) is 0 Å². The van der Waals surface area contributed by atoms with Crippen molar-refractivity contribution >= 4 is 11.3 Å². The number of rotatable bonds is 5. The van der Waals surface area contributed by atoms with Crippen LogP contribution in [-0.2, 0) is 12.0 Å². The molecule has 0 aromatic carbocycles. The highest BCUT2D eigenvalue weighted by atomic mass is 32.1. The monoisotopic (exact) mass is 242 g/mol. The van der Waals surface area contributed by atoms with Crippen molar-refractivity contribution in [2.24, 2.45) is 0 Å². The molecule has 3 nitrogen and oxygen atoms in total. The van der Waals surface area contributed by atoms with Crippen LogP contribution in [0, 0.1) is 0 Å². The summed E-state index contributed by atoms with van der Waals surface area (Å²) in [5.74, 6) is 0. The molecule has 0 saturated carbocycles. The summed E-state index contributed by atoms with van der Waals surface area (Å²) in [6, 6.07) is 0.195. The van der Waals surface area contributed by atoms with Gasteiger partial charge in [0.25, 0.3) is 0 Å². The first kappa shape index (κ1) is 13.6. The maximum atomic E-state index is 9.06. The van der Waals surface area contributed by atoms with Gasteiger partial charge in [0.15, 0.2) is 0 Å². The molecule has 1 rings (SSSR count). The molecule has 1 aromatic rings. The van der Waals surface area contributed by atoms with Crippen molar-refractivity contribution in [3.63, 3.8) is 0 Å². The summed E-state index contributed by atoms with van der Waals surface area (Å²) in [6.45, 7) is 9.58. The van der Waals surface area contributed by atoms with Gasteiger partial charge in [0.1, 0.15) is 0 Å². The summed E-state index contributed by atoms with van der Waals surface area (Å²) in [5, 5.41) is 13.6. The van der Waals surface area contributed by atoms with Gasteiger partial charge in [-0.05, 0) is 6.42 Å². The van der Waals surface area contributed by atoms with Gasteiger partial charge in [0.05, 0.1) is 11.6 Å². The van der Waals surface area contributed by atoms with E-state index in [2.05, 4.69) is 38.0 Å². The standard InChI is InChI=1S/C12H22N2OS/c1-5-9(8-15)13-6-10-7-14-11(16-10)12(2,3)4/h7,9,13,15H,5-6,8H2,1-4H3/t9-/m1/s1. The number of nitrogens with one attached hydrogen (secondary N) is 1. The molecule has 2 N–H and O–H groups in total. The second kappa shape index (κ2) is 5.75. The molecule has 4 heteroatoms. The SMILES string of the molecule is CC[C@H](CO)NCc1cnc(C(C)(C)C)s1. The quantitative estimate of drug-likeness (QED) is 0.833. The Morgan fingerprint density at radius 3 is 2.62 bits per heavy atom. The van der Waals surface area contributed by atoms with Gasteiger partial charge in [0, 0.05) is 29.1 Å². The number of aliphatic hydroxyl groups excluding tert-OH is 1. The van der Waals surface area contributed by atoms with Crippen molar-refractivity contribution in [3.05, 3.63) is 16.1 Å². The zero-order valence-corrected chi connectivity index (χ0v) is 11.4. The lowest BCUT2D eigenvalue weighted by molar-refractivity contribution is 0.238. The largest absolute Gasteiger partial charge is 0.395 e. The van der Waals surface area contributed by atoms with Crippen LogP contribution in [-0.4, -0.2) is 22.7 Å². The number of aromatic nitrogens is 1. The summed E-state index contributed by atoms with van der Waals surface area (Å²) in [4.78, 5) is 5.67. The zero-order chi connectivity index (χ0) is 12.2. The van der Waals surface area contributed by atoms with Crippen LogP contribution in [0.15, 0.2) is 6.20 Å². The fraction of sp³-hybridized carbons (Fsp3) is 0.750. The molecular weight excluding hydrogens is 220 g/mol. The van der Waals surface area contributed by atoms with Crippen molar-refractivity contribution in [1.29, 1.82) is 0 Å². The van der Waals surface area contributed by atoms with Crippen LogP contribution in [0.4, 0.5) is 0 Å². The Morgan fingerprint density at radius 2 is 2.19 bits per heavy atom. The van der Waals surface area contributed by atoms with Crippen LogP contribution in [0.1, 0.15) is 44.0 Å². The van der Waals surface area contributed by atoms with E-state index >= 15 is 0 Å². The average molecular weight is 242 g/mol. The molecule has 0 aliphatic rings. The van der Waals surface area contributed by atoms with E-state index in [4.69, 9.17) is 5.11 Å². The molecule has 0 fully saturated rings. The molecule has 0 unspecified atom stereocenters. The van der Waals surface area contributed by atoms with E-state index < -0.39 is 0 Å². The maximum absolute atomic E-state index is 9.06. The third-order valence-corrected chi connectivity index (χ3v) is 3.90. The molecule has 1 heterocycles. The summed E-state index contributed by atoms with van der Waals surface area (Å²) in [6.07, 6.45) is 2.88. The zero-order valence-electron chi connectivity index (χ0n) is 10.6. The lowest BCUT2D eigenvalue weighted by Crippen LogP contribution is -2.30. The van der Waals surface area contributed by atoms with Gasteiger partial charge in [-0.25, -0.2) is 4.98 Å². The van der Waals surface area contributed by atoms with E-state index in [9.17, 15) is 0 Å². The number of aliphatic hydroxyl groups is 1. The molecule has 16 heavy (non-hydrogen) atoms. The van der Waals surface area contributed by atoms with Gasteiger partial charge in [-0.2, -0.15) is 0 Å². The van der Waals surface area contributed by atoms with Crippen LogP contribution in [0.25, 0.3) is 0 Å². The minimum absolute atomic E-state index is 0.129. The fourth-order valence-electron chi connectivity index (χ4n) is 1.32. The lowest BCUT2D eigenvalue weighted by atomic mass is 9.98. The molecule has 0 bridgehead atoms. The number of hydrogen-bond donors (Lipinski definition) is 2. The summed E-state index contributed by atoms with van der Waals surface area (Å²) < 4.78 is 0. The first-order valence-corrected chi connectivity index (χ1v) is 6.58. The topological polar surface area (TPSA) is 45.1 Å². The summed E-state index contributed by atoms with van der Waals surface area (Å²) in [7, 11) is 0.